The molecule has 2 nitrogen and oxygen atoms in total. The van der Waals surface area contributed by atoms with Gasteiger partial charge in [0.15, 0.2) is 0 Å². The standard InChI is InChI=1S/C8H17NOS/c9-5-2-6-11(10)7-8-3-1-4-8/h8H,1-7,9H2. The SMILES string of the molecule is NCCCS(=O)CC1CCC1. The zero-order valence-corrected chi connectivity index (χ0v) is 7.74. The predicted octanol–water partition coefficient (Wildman–Crippen LogP) is 0.884. The van der Waals surface area contributed by atoms with E-state index in [1.165, 1.54) is 19.3 Å². The second-order valence-electron chi connectivity index (χ2n) is 3.25. The zero-order chi connectivity index (χ0) is 8.10. The third-order valence-corrected chi connectivity index (χ3v) is 3.81. The van der Waals surface area contributed by atoms with E-state index < -0.39 is 10.8 Å². The van der Waals surface area contributed by atoms with Crippen molar-refractivity contribution in [3.05, 3.63) is 0 Å². The van der Waals surface area contributed by atoms with E-state index in [0.29, 0.717) is 6.54 Å². The molecule has 3 heteroatoms. The highest BCUT2D eigenvalue weighted by Crippen LogP contribution is 2.26. The van der Waals surface area contributed by atoms with Crippen LogP contribution >= 0.6 is 0 Å². The largest absolute Gasteiger partial charge is 0.330 e. The first kappa shape index (κ1) is 9.20. The molecular weight excluding hydrogens is 158 g/mol. The van der Waals surface area contributed by atoms with E-state index in [4.69, 9.17) is 5.73 Å². The van der Waals surface area contributed by atoms with Gasteiger partial charge in [0, 0.05) is 22.3 Å². The van der Waals surface area contributed by atoms with Gasteiger partial charge >= 0.3 is 0 Å². The summed E-state index contributed by atoms with van der Waals surface area (Å²) < 4.78 is 11.3. The van der Waals surface area contributed by atoms with Crippen molar-refractivity contribution < 1.29 is 4.21 Å². The lowest BCUT2D eigenvalue weighted by Gasteiger charge is -2.24. The van der Waals surface area contributed by atoms with Crippen LogP contribution in [0, 0.1) is 5.92 Å². The molecule has 0 amide bonds. The fourth-order valence-corrected chi connectivity index (χ4v) is 2.76. The van der Waals surface area contributed by atoms with Crippen LogP contribution in [0.1, 0.15) is 25.7 Å². The highest BCUT2D eigenvalue weighted by atomic mass is 32.2. The second-order valence-corrected chi connectivity index (χ2v) is 4.87. The highest BCUT2D eigenvalue weighted by molar-refractivity contribution is 7.84. The van der Waals surface area contributed by atoms with Crippen molar-refractivity contribution in [3.8, 4) is 0 Å². The first-order valence-corrected chi connectivity index (χ1v) is 5.87. The Morgan fingerprint density at radius 2 is 2.18 bits per heavy atom. The van der Waals surface area contributed by atoms with Crippen molar-refractivity contribution in [3.63, 3.8) is 0 Å². The summed E-state index contributed by atoms with van der Waals surface area (Å²) in [5.74, 6) is 2.51. The molecule has 1 aliphatic rings. The molecule has 0 aromatic carbocycles. The van der Waals surface area contributed by atoms with Crippen molar-refractivity contribution in [1.82, 2.24) is 0 Å². The average Bonchev–Trinajstić information content (AvgIpc) is 1.93. The molecule has 0 aromatic rings. The Morgan fingerprint density at radius 3 is 2.64 bits per heavy atom. The fourth-order valence-electron chi connectivity index (χ4n) is 1.25. The zero-order valence-electron chi connectivity index (χ0n) is 6.92. The van der Waals surface area contributed by atoms with Gasteiger partial charge in [-0.1, -0.05) is 6.42 Å². The van der Waals surface area contributed by atoms with Gasteiger partial charge in [-0.2, -0.15) is 0 Å². The molecule has 0 heterocycles. The maximum Gasteiger partial charge on any atom is 0.0263 e. The molecule has 0 aromatic heterocycles. The molecule has 66 valence electrons. The van der Waals surface area contributed by atoms with Crippen LogP contribution in [0.15, 0.2) is 0 Å². The van der Waals surface area contributed by atoms with Gasteiger partial charge in [0.05, 0.1) is 0 Å². The Hall–Kier alpha value is 0.110. The van der Waals surface area contributed by atoms with Gasteiger partial charge in [-0.15, -0.1) is 0 Å². The third kappa shape index (κ3) is 3.34. The molecule has 1 rings (SSSR count). The Kier molecular flexibility index (Phi) is 4.08. The van der Waals surface area contributed by atoms with Crippen LogP contribution in [-0.4, -0.2) is 22.3 Å². The maximum absolute atomic E-state index is 11.3. The van der Waals surface area contributed by atoms with Crippen LogP contribution < -0.4 is 5.73 Å². The lowest BCUT2D eigenvalue weighted by atomic mass is 9.87. The predicted molar refractivity (Wildman–Crippen MR) is 48.9 cm³/mol. The molecule has 11 heavy (non-hydrogen) atoms. The molecule has 0 bridgehead atoms. The Labute approximate surface area is 71.0 Å². The minimum Gasteiger partial charge on any atom is -0.330 e. The van der Waals surface area contributed by atoms with Crippen LogP contribution in [-0.2, 0) is 10.8 Å². The first-order chi connectivity index (χ1) is 5.33. The summed E-state index contributed by atoms with van der Waals surface area (Å²) in [5, 5.41) is 0. The highest BCUT2D eigenvalue weighted by Gasteiger charge is 2.19. The van der Waals surface area contributed by atoms with Gasteiger partial charge in [-0.3, -0.25) is 4.21 Å². The fraction of sp³-hybridized carbons (Fsp3) is 1.00. The van der Waals surface area contributed by atoms with E-state index in [1.54, 1.807) is 0 Å². The summed E-state index contributed by atoms with van der Waals surface area (Å²) >= 11 is 0. The number of nitrogens with two attached hydrogens (primary N) is 1. The summed E-state index contributed by atoms with van der Waals surface area (Å²) in [6, 6.07) is 0. The van der Waals surface area contributed by atoms with Crippen LogP contribution in [0.4, 0.5) is 0 Å². The quantitative estimate of drug-likeness (QED) is 0.674. The molecule has 2 N–H and O–H groups in total. The molecular formula is C8H17NOS. The van der Waals surface area contributed by atoms with Crippen LogP contribution in [0.5, 0.6) is 0 Å². The Balaban J connectivity index is 2.00. The minimum atomic E-state index is -0.579. The normalized spacial score (nSPS) is 21.2. The molecule has 0 spiro atoms. The van der Waals surface area contributed by atoms with Crippen LogP contribution in [0.3, 0.4) is 0 Å². The van der Waals surface area contributed by atoms with Crippen LogP contribution in [0.2, 0.25) is 0 Å². The number of rotatable bonds is 5. The molecule has 0 saturated heterocycles. The molecule has 1 unspecified atom stereocenters. The van der Waals surface area contributed by atoms with E-state index in [1.807, 2.05) is 0 Å². The van der Waals surface area contributed by atoms with Gasteiger partial charge in [-0.25, -0.2) is 0 Å². The van der Waals surface area contributed by atoms with Crippen molar-refractivity contribution >= 4 is 10.8 Å². The molecule has 1 fully saturated rings. The smallest absolute Gasteiger partial charge is 0.0263 e. The van der Waals surface area contributed by atoms with Gasteiger partial charge in [0.2, 0.25) is 0 Å². The minimum absolute atomic E-state index is 0.579. The second kappa shape index (κ2) is 4.88. The average molecular weight is 175 g/mol. The summed E-state index contributed by atoms with van der Waals surface area (Å²) in [6.45, 7) is 0.677. The summed E-state index contributed by atoms with van der Waals surface area (Å²) in [6.07, 6.45) is 4.86. The molecule has 0 radical (unpaired) electrons. The topological polar surface area (TPSA) is 43.1 Å². The molecule has 1 atom stereocenters. The van der Waals surface area contributed by atoms with Crippen molar-refractivity contribution in [2.75, 3.05) is 18.1 Å². The van der Waals surface area contributed by atoms with E-state index in [9.17, 15) is 4.21 Å². The molecule has 1 aliphatic carbocycles. The van der Waals surface area contributed by atoms with Crippen molar-refractivity contribution in [1.29, 1.82) is 0 Å². The van der Waals surface area contributed by atoms with E-state index >= 15 is 0 Å². The maximum atomic E-state index is 11.3. The molecule has 0 aliphatic heterocycles. The summed E-state index contributed by atoms with van der Waals surface area (Å²) in [5.41, 5.74) is 5.32. The van der Waals surface area contributed by atoms with Gasteiger partial charge < -0.3 is 5.73 Å². The number of hydrogen-bond acceptors (Lipinski definition) is 2. The lowest BCUT2D eigenvalue weighted by Crippen LogP contribution is -2.20. The summed E-state index contributed by atoms with van der Waals surface area (Å²) in [4.78, 5) is 0. The number of hydrogen-bond donors (Lipinski definition) is 1. The van der Waals surface area contributed by atoms with Crippen molar-refractivity contribution in [2.45, 2.75) is 25.7 Å². The monoisotopic (exact) mass is 175 g/mol. The van der Waals surface area contributed by atoms with E-state index in [-0.39, 0.29) is 0 Å². The van der Waals surface area contributed by atoms with Crippen LogP contribution in [0.25, 0.3) is 0 Å². The Bertz CT molecular complexity index is 134. The molecule has 1 saturated carbocycles. The van der Waals surface area contributed by atoms with Crippen molar-refractivity contribution in [2.24, 2.45) is 11.7 Å². The Morgan fingerprint density at radius 1 is 1.45 bits per heavy atom. The van der Waals surface area contributed by atoms with E-state index in [0.717, 1.165) is 23.8 Å². The van der Waals surface area contributed by atoms with Gasteiger partial charge in [0.1, 0.15) is 0 Å². The third-order valence-electron chi connectivity index (χ3n) is 2.22. The first-order valence-electron chi connectivity index (χ1n) is 4.38. The van der Waals surface area contributed by atoms with E-state index in [2.05, 4.69) is 0 Å². The summed E-state index contributed by atoms with van der Waals surface area (Å²) in [7, 11) is -0.579. The lowest BCUT2D eigenvalue weighted by molar-refractivity contribution is 0.350. The van der Waals surface area contributed by atoms with Gasteiger partial charge in [0.25, 0.3) is 0 Å². The van der Waals surface area contributed by atoms with Gasteiger partial charge in [-0.05, 0) is 31.7 Å².